The monoisotopic (exact) mass is 224 g/mol. The molecule has 1 heterocycles. The molecule has 0 fully saturated rings. The van der Waals surface area contributed by atoms with E-state index in [1.807, 2.05) is 13.8 Å². The normalized spacial score (nSPS) is 12.2. The van der Waals surface area contributed by atoms with Gasteiger partial charge >= 0.3 is 0 Å². The molecule has 3 N–H and O–H groups in total. The van der Waals surface area contributed by atoms with Gasteiger partial charge in [0.2, 0.25) is 11.8 Å². The molecular formula is C10H16N4O2. The first kappa shape index (κ1) is 12.2. The summed E-state index contributed by atoms with van der Waals surface area (Å²) in [4.78, 5) is 18.8. The Hall–Kier alpha value is -1.85. The van der Waals surface area contributed by atoms with Crippen molar-refractivity contribution in [1.82, 2.24) is 9.97 Å². The summed E-state index contributed by atoms with van der Waals surface area (Å²) in [5.41, 5.74) is 5.13. The van der Waals surface area contributed by atoms with Gasteiger partial charge in [-0.1, -0.05) is 0 Å². The van der Waals surface area contributed by atoms with Crippen LogP contribution in [0.4, 0.5) is 5.82 Å². The van der Waals surface area contributed by atoms with Gasteiger partial charge in [-0.2, -0.15) is 0 Å². The molecule has 88 valence electrons. The number of hydrogen-bond acceptors (Lipinski definition) is 5. The molecule has 0 radical (unpaired) electrons. The lowest BCUT2D eigenvalue weighted by Crippen LogP contribution is -2.32. The maximum Gasteiger partial charge on any atom is 0.239 e. The number of nitrogens with zero attached hydrogens (tertiary/aromatic N) is 2. The van der Waals surface area contributed by atoms with Crippen LogP contribution in [0.15, 0.2) is 12.4 Å². The highest BCUT2D eigenvalue weighted by Crippen LogP contribution is 2.13. The Morgan fingerprint density at radius 1 is 1.44 bits per heavy atom. The Labute approximate surface area is 94.2 Å². The lowest BCUT2D eigenvalue weighted by atomic mass is 10.3. The van der Waals surface area contributed by atoms with Gasteiger partial charge in [0.25, 0.3) is 0 Å². The van der Waals surface area contributed by atoms with E-state index in [9.17, 15) is 4.79 Å². The largest absolute Gasteiger partial charge is 0.475 e. The lowest BCUT2D eigenvalue weighted by molar-refractivity contribution is -0.118. The first-order chi connectivity index (χ1) is 7.49. The number of primary amides is 1. The number of rotatable bonds is 5. The summed E-state index contributed by atoms with van der Waals surface area (Å²) in [5.74, 6) is 0.533. The van der Waals surface area contributed by atoms with E-state index in [1.165, 1.54) is 6.33 Å². The summed E-state index contributed by atoms with van der Waals surface area (Å²) >= 11 is 0. The first-order valence-electron chi connectivity index (χ1n) is 5.03. The van der Waals surface area contributed by atoms with Crippen molar-refractivity contribution in [3.8, 4) is 5.88 Å². The molecule has 6 heteroatoms. The summed E-state index contributed by atoms with van der Waals surface area (Å²) < 4.78 is 5.39. The van der Waals surface area contributed by atoms with Crippen molar-refractivity contribution in [2.45, 2.75) is 32.9 Å². The Bertz CT molecular complexity index is 368. The minimum atomic E-state index is -0.484. The number of carbonyl (C=O) groups excluding carboxylic acids is 1. The fourth-order valence-electron chi connectivity index (χ4n) is 1.02. The van der Waals surface area contributed by atoms with Crippen molar-refractivity contribution in [3.05, 3.63) is 12.4 Å². The second-order valence-electron chi connectivity index (χ2n) is 3.68. The van der Waals surface area contributed by atoms with E-state index in [1.54, 1.807) is 13.0 Å². The molecule has 0 aliphatic carbocycles. The SMILES string of the molecule is CC(C)Oc1cc(NC(C)C(N)=O)ncn1. The molecule has 1 aromatic rings. The minimum Gasteiger partial charge on any atom is -0.475 e. The zero-order valence-corrected chi connectivity index (χ0v) is 9.60. The quantitative estimate of drug-likeness (QED) is 0.762. The van der Waals surface area contributed by atoms with Gasteiger partial charge in [0, 0.05) is 6.07 Å². The molecule has 1 aromatic heterocycles. The third kappa shape index (κ3) is 3.72. The van der Waals surface area contributed by atoms with Gasteiger partial charge in [0.05, 0.1) is 6.10 Å². The van der Waals surface area contributed by atoms with Crippen LogP contribution in [0.25, 0.3) is 0 Å². The smallest absolute Gasteiger partial charge is 0.239 e. The van der Waals surface area contributed by atoms with Crippen LogP contribution in [0.5, 0.6) is 5.88 Å². The third-order valence-corrected chi connectivity index (χ3v) is 1.79. The second-order valence-corrected chi connectivity index (χ2v) is 3.68. The number of ether oxygens (including phenoxy) is 1. The fourth-order valence-corrected chi connectivity index (χ4v) is 1.02. The van der Waals surface area contributed by atoms with E-state index >= 15 is 0 Å². The van der Waals surface area contributed by atoms with Crippen molar-refractivity contribution in [2.24, 2.45) is 5.73 Å². The van der Waals surface area contributed by atoms with Gasteiger partial charge in [-0.3, -0.25) is 4.79 Å². The molecule has 0 bridgehead atoms. The van der Waals surface area contributed by atoms with Crippen LogP contribution in [0, 0.1) is 0 Å². The molecule has 1 atom stereocenters. The summed E-state index contributed by atoms with van der Waals surface area (Å²) in [6, 6.07) is 1.14. The number of carbonyl (C=O) groups is 1. The molecule has 0 aliphatic rings. The zero-order valence-electron chi connectivity index (χ0n) is 9.60. The molecular weight excluding hydrogens is 208 g/mol. The fraction of sp³-hybridized carbons (Fsp3) is 0.500. The Morgan fingerprint density at radius 2 is 2.12 bits per heavy atom. The number of anilines is 1. The van der Waals surface area contributed by atoms with Crippen LogP contribution < -0.4 is 15.8 Å². The van der Waals surface area contributed by atoms with E-state index < -0.39 is 11.9 Å². The van der Waals surface area contributed by atoms with Gasteiger partial charge in [-0.25, -0.2) is 9.97 Å². The molecule has 0 aliphatic heterocycles. The highest BCUT2D eigenvalue weighted by Gasteiger charge is 2.09. The van der Waals surface area contributed by atoms with Crippen LogP contribution >= 0.6 is 0 Å². The average Bonchev–Trinajstić information content (AvgIpc) is 2.16. The maximum absolute atomic E-state index is 10.9. The molecule has 16 heavy (non-hydrogen) atoms. The molecule has 1 amide bonds. The third-order valence-electron chi connectivity index (χ3n) is 1.79. The predicted molar refractivity (Wildman–Crippen MR) is 60.1 cm³/mol. The second kappa shape index (κ2) is 5.29. The number of amides is 1. The van der Waals surface area contributed by atoms with Gasteiger partial charge in [0.15, 0.2) is 0 Å². The van der Waals surface area contributed by atoms with Crippen molar-refractivity contribution >= 4 is 11.7 Å². The topological polar surface area (TPSA) is 90.1 Å². The predicted octanol–water partition coefficient (Wildman–Crippen LogP) is 0.549. The Morgan fingerprint density at radius 3 is 2.69 bits per heavy atom. The first-order valence-corrected chi connectivity index (χ1v) is 5.03. The summed E-state index contributed by atoms with van der Waals surface area (Å²) in [5, 5.41) is 2.85. The van der Waals surface area contributed by atoms with Gasteiger partial charge in [0.1, 0.15) is 18.2 Å². The van der Waals surface area contributed by atoms with E-state index in [0.717, 1.165) is 0 Å². The van der Waals surface area contributed by atoms with Gasteiger partial charge in [-0.15, -0.1) is 0 Å². The van der Waals surface area contributed by atoms with E-state index in [-0.39, 0.29) is 6.10 Å². The highest BCUT2D eigenvalue weighted by atomic mass is 16.5. The Balaban J connectivity index is 2.70. The highest BCUT2D eigenvalue weighted by molar-refractivity contribution is 5.82. The van der Waals surface area contributed by atoms with Gasteiger partial charge in [-0.05, 0) is 20.8 Å². The molecule has 1 unspecified atom stereocenters. The van der Waals surface area contributed by atoms with Crippen molar-refractivity contribution in [3.63, 3.8) is 0 Å². The van der Waals surface area contributed by atoms with Crippen LogP contribution in [-0.2, 0) is 4.79 Å². The summed E-state index contributed by atoms with van der Waals surface area (Å²) in [6.45, 7) is 5.47. The van der Waals surface area contributed by atoms with E-state index in [2.05, 4.69) is 15.3 Å². The lowest BCUT2D eigenvalue weighted by Gasteiger charge is -2.12. The van der Waals surface area contributed by atoms with E-state index in [0.29, 0.717) is 11.7 Å². The summed E-state index contributed by atoms with van der Waals surface area (Å²) in [6.07, 6.45) is 1.41. The zero-order chi connectivity index (χ0) is 12.1. The van der Waals surface area contributed by atoms with E-state index in [4.69, 9.17) is 10.5 Å². The number of aromatic nitrogens is 2. The number of hydrogen-bond donors (Lipinski definition) is 2. The molecule has 6 nitrogen and oxygen atoms in total. The van der Waals surface area contributed by atoms with Crippen LogP contribution in [0.2, 0.25) is 0 Å². The maximum atomic E-state index is 10.9. The molecule has 0 spiro atoms. The molecule has 0 aromatic carbocycles. The molecule has 0 saturated carbocycles. The minimum absolute atomic E-state index is 0.0383. The van der Waals surface area contributed by atoms with Crippen LogP contribution in [-0.4, -0.2) is 28.0 Å². The number of nitrogens with one attached hydrogen (secondary N) is 1. The molecule has 1 rings (SSSR count). The van der Waals surface area contributed by atoms with Crippen LogP contribution in [0.3, 0.4) is 0 Å². The van der Waals surface area contributed by atoms with Crippen LogP contribution in [0.1, 0.15) is 20.8 Å². The average molecular weight is 224 g/mol. The molecule has 0 saturated heterocycles. The Kier molecular flexibility index (Phi) is 4.04. The van der Waals surface area contributed by atoms with Gasteiger partial charge < -0.3 is 15.8 Å². The summed E-state index contributed by atoms with van der Waals surface area (Å²) in [7, 11) is 0. The van der Waals surface area contributed by atoms with Crippen molar-refractivity contribution in [1.29, 1.82) is 0 Å². The number of nitrogens with two attached hydrogens (primary N) is 1. The standard InChI is InChI=1S/C10H16N4O2/c1-6(2)16-9-4-8(12-5-13-9)14-7(3)10(11)15/h4-7H,1-3H3,(H2,11,15)(H,12,13,14). The van der Waals surface area contributed by atoms with Crippen molar-refractivity contribution < 1.29 is 9.53 Å². The van der Waals surface area contributed by atoms with Crippen molar-refractivity contribution in [2.75, 3.05) is 5.32 Å².